The fourth-order valence-electron chi connectivity index (χ4n) is 4.79. The van der Waals surface area contributed by atoms with E-state index >= 15 is 0 Å². The van der Waals surface area contributed by atoms with Gasteiger partial charge in [-0.25, -0.2) is 19.8 Å². The summed E-state index contributed by atoms with van der Waals surface area (Å²) in [6.45, 7) is 9.37. The number of nitrogens with one attached hydrogen (secondary N) is 2. The molecule has 1 unspecified atom stereocenters. The van der Waals surface area contributed by atoms with Gasteiger partial charge in [0.15, 0.2) is 0 Å². The maximum absolute atomic E-state index is 13.6. The number of benzene rings is 1. The minimum absolute atomic E-state index is 0.0397. The van der Waals surface area contributed by atoms with E-state index in [4.69, 9.17) is 15.2 Å². The van der Waals surface area contributed by atoms with Crippen molar-refractivity contribution in [3.8, 4) is 11.1 Å². The lowest BCUT2D eigenvalue weighted by Crippen LogP contribution is -2.37. The van der Waals surface area contributed by atoms with Crippen LogP contribution in [0.15, 0.2) is 41.2 Å². The maximum Gasteiger partial charge on any atom is 0.407 e. The van der Waals surface area contributed by atoms with Crippen LogP contribution in [0.3, 0.4) is 0 Å². The van der Waals surface area contributed by atoms with E-state index in [0.717, 1.165) is 42.4 Å². The predicted octanol–water partition coefficient (Wildman–Crippen LogP) is 4.01. The van der Waals surface area contributed by atoms with Crippen LogP contribution in [-0.4, -0.2) is 75.6 Å². The van der Waals surface area contributed by atoms with Gasteiger partial charge in [-0.05, 0) is 70.6 Å². The Morgan fingerprint density at radius 2 is 1.91 bits per heavy atom. The first-order chi connectivity index (χ1) is 21.0. The summed E-state index contributed by atoms with van der Waals surface area (Å²) in [5.41, 5.74) is 9.47. The Kier molecular flexibility index (Phi) is 11.4. The van der Waals surface area contributed by atoms with E-state index in [1.54, 1.807) is 17.3 Å². The standard InChI is InChI=1S/C32H45N7O5/c1-5-13-39(14-7-12-34-30(41)43-25-8-6-9-25)29(40)23-15-22-11-10-21(16-26(22)38-27(33)17-23)24-18-35-28(36-19-24)20-37-31(42)44-32(2,3)4/h10-11,15-16,18-19,25,31,37,42H,5-9,12-14,17,20H2,1-4H3,(H2,33,38)(H,34,41). The summed E-state index contributed by atoms with van der Waals surface area (Å²) in [7, 11) is 0. The molecule has 1 atom stereocenters. The van der Waals surface area contributed by atoms with Crippen LogP contribution in [0.5, 0.6) is 0 Å². The number of nitrogens with two attached hydrogens (primary N) is 1. The molecule has 1 aliphatic heterocycles. The van der Waals surface area contributed by atoms with Crippen molar-refractivity contribution >= 4 is 29.6 Å². The largest absolute Gasteiger partial charge is 0.446 e. The third-order valence-electron chi connectivity index (χ3n) is 7.19. The third kappa shape index (κ3) is 9.83. The molecule has 4 rings (SSSR count). The second-order valence-corrected chi connectivity index (χ2v) is 12.1. The molecule has 0 bridgehead atoms. The Morgan fingerprint density at radius 3 is 2.57 bits per heavy atom. The number of amides is 2. The molecule has 2 amide bonds. The van der Waals surface area contributed by atoms with E-state index in [-0.39, 0.29) is 25.0 Å². The fraction of sp³-hybridized carbons (Fsp3) is 0.531. The molecule has 2 aromatic rings. The Labute approximate surface area is 259 Å². The second kappa shape index (κ2) is 15.2. The van der Waals surface area contributed by atoms with Gasteiger partial charge in [-0.3, -0.25) is 10.1 Å². The SMILES string of the molecule is CCCN(CCCNC(=O)OC1CCC1)C(=O)C1=Cc2ccc(-c3cnc(CNC(O)OC(C)(C)C)nc3)cc2N=C(N)C1. The first-order valence-corrected chi connectivity index (χ1v) is 15.3. The highest BCUT2D eigenvalue weighted by molar-refractivity contribution is 6.05. The van der Waals surface area contributed by atoms with Gasteiger partial charge in [0.25, 0.3) is 0 Å². The molecule has 1 saturated carbocycles. The Bertz CT molecular complexity index is 1350. The molecule has 238 valence electrons. The van der Waals surface area contributed by atoms with E-state index < -0.39 is 18.1 Å². The van der Waals surface area contributed by atoms with Gasteiger partial charge in [0.1, 0.15) is 17.8 Å². The van der Waals surface area contributed by atoms with Crippen LogP contribution in [0.25, 0.3) is 17.2 Å². The Hall–Kier alpha value is -3.87. The van der Waals surface area contributed by atoms with Crippen molar-refractivity contribution in [1.29, 1.82) is 0 Å². The molecule has 1 fully saturated rings. The summed E-state index contributed by atoms with van der Waals surface area (Å²) < 4.78 is 10.8. The van der Waals surface area contributed by atoms with Crippen molar-refractivity contribution in [3.05, 3.63) is 47.6 Å². The van der Waals surface area contributed by atoms with Gasteiger partial charge in [0.2, 0.25) is 12.3 Å². The number of carbonyl (C=O) groups excluding carboxylic acids is 2. The molecule has 2 heterocycles. The van der Waals surface area contributed by atoms with E-state index in [0.29, 0.717) is 49.0 Å². The van der Waals surface area contributed by atoms with Gasteiger partial charge in [0.05, 0.1) is 17.8 Å². The number of fused-ring (bicyclic) bond motifs is 1. The lowest BCUT2D eigenvalue weighted by atomic mass is 9.96. The second-order valence-electron chi connectivity index (χ2n) is 12.1. The monoisotopic (exact) mass is 607 g/mol. The summed E-state index contributed by atoms with van der Waals surface area (Å²) in [6.07, 6.45) is 8.42. The number of alkyl carbamates (subject to hydrolysis) is 1. The number of rotatable bonds is 13. The molecule has 0 saturated heterocycles. The smallest absolute Gasteiger partial charge is 0.407 e. The minimum Gasteiger partial charge on any atom is -0.446 e. The molecule has 1 aromatic carbocycles. The van der Waals surface area contributed by atoms with Crippen molar-refractivity contribution in [3.63, 3.8) is 0 Å². The highest BCUT2D eigenvalue weighted by atomic mass is 16.6. The number of aliphatic imine (C=N–C) groups is 1. The minimum atomic E-state index is -1.13. The summed E-state index contributed by atoms with van der Waals surface area (Å²) >= 11 is 0. The zero-order valence-electron chi connectivity index (χ0n) is 26.1. The molecule has 2 aliphatic rings. The quantitative estimate of drug-likeness (QED) is 0.195. The average Bonchev–Trinajstić information content (AvgIpc) is 3.12. The summed E-state index contributed by atoms with van der Waals surface area (Å²) in [6, 6.07) is 5.75. The molecule has 1 aromatic heterocycles. The van der Waals surface area contributed by atoms with Gasteiger partial charge in [0, 0.05) is 55.1 Å². The number of ether oxygens (including phenoxy) is 2. The maximum atomic E-state index is 13.6. The number of hydrogen-bond acceptors (Lipinski definition) is 10. The van der Waals surface area contributed by atoms with Crippen molar-refractivity contribution in [2.24, 2.45) is 10.7 Å². The molecule has 5 N–H and O–H groups in total. The van der Waals surface area contributed by atoms with Crippen molar-refractivity contribution in [1.82, 2.24) is 25.5 Å². The van der Waals surface area contributed by atoms with Crippen molar-refractivity contribution < 1.29 is 24.2 Å². The zero-order valence-corrected chi connectivity index (χ0v) is 26.1. The average molecular weight is 608 g/mol. The normalized spacial score (nSPS) is 15.7. The highest BCUT2D eigenvalue weighted by Gasteiger charge is 2.23. The number of aliphatic hydroxyl groups excluding tert-OH is 1. The third-order valence-corrected chi connectivity index (χ3v) is 7.19. The Morgan fingerprint density at radius 1 is 1.16 bits per heavy atom. The van der Waals surface area contributed by atoms with Crippen LogP contribution >= 0.6 is 0 Å². The molecular weight excluding hydrogens is 562 g/mol. The van der Waals surface area contributed by atoms with Gasteiger partial charge in [-0.15, -0.1) is 0 Å². The summed E-state index contributed by atoms with van der Waals surface area (Å²) in [5.74, 6) is 0.773. The molecule has 12 nitrogen and oxygen atoms in total. The lowest BCUT2D eigenvalue weighted by molar-refractivity contribution is -0.182. The number of aromatic nitrogens is 2. The predicted molar refractivity (Wildman–Crippen MR) is 169 cm³/mol. The Balaban J connectivity index is 1.38. The molecule has 12 heteroatoms. The number of carbonyl (C=O) groups is 2. The number of hydrogen-bond donors (Lipinski definition) is 4. The van der Waals surface area contributed by atoms with Crippen LogP contribution in [0.2, 0.25) is 0 Å². The summed E-state index contributed by atoms with van der Waals surface area (Å²) in [5, 5.41) is 15.6. The van der Waals surface area contributed by atoms with Crippen LogP contribution < -0.4 is 16.4 Å². The summed E-state index contributed by atoms with van der Waals surface area (Å²) in [4.78, 5) is 40.7. The number of nitrogens with zero attached hydrogens (tertiary/aromatic N) is 4. The molecule has 1 aliphatic carbocycles. The van der Waals surface area contributed by atoms with Crippen LogP contribution in [-0.2, 0) is 20.8 Å². The molecular formula is C32H45N7O5. The first kappa shape index (κ1) is 33.0. The molecule has 0 radical (unpaired) electrons. The van der Waals surface area contributed by atoms with Gasteiger partial charge in [-0.2, -0.15) is 0 Å². The van der Waals surface area contributed by atoms with Gasteiger partial charge >= 0.3 is 6.09 Å². The van der Waals surface area contributed by atoms with E-state index in [2.05, 4.69) is 25.6 Å². The number of amidine groups is 1. The van der Waals surface area contributed by atoms with Gasteiger partial charge in [-0.1, -0.05) is 19.1 Å². The van der Waals surface area contributed by atoms with E-state index in [1.807, 2.05) is 52.0 Å². The highest BCUT2D eigenvalue weighted by Crippen LogP contribution is 2.32. The van der Waals surface area contributed by atoms with E-state index in [1.165, 1.54) is 0 Å². The van der Waals surface area contributed by atoms with Gasteiger partial charge < -0.3 is 30.5 Å². The lowest BCUT2D eigenvalue weighted by Gasteiger charge is -2.25. The van der Waals surface area contributed by atoms with Crippen molar-refractivity contribution in [2.45, 2.75) is 90.9 Å². The van der Waals surface area contributed by atoms with E-state index in [9.17, 15) is 14.7 Å². The fourth-order valence-corrected chi connectivity index (χ4v) is 4.79. The van der Waals surface area contributed by atoms with Crippen molar-refractivity contribution in [2.75, 3.05) is 19.6 Å². The van der Waals surface area contributed by atoms with Crippen LogP contribution in [0, 0.1) is 0 Å². The molecule has 44 heavy (non-hydrogen) atoms. The zero-order chi connectivity index (χ0) is 31.7. The van der Waals surface area contributed by atoms with Crippen LogP contribution in [0.4, 0.5) is 10.5 Å². The first-order valence-electron chi connectivity index (χ1n) is 15.3. The van der Waals surface area contributed by atoms with Crippen LogP contribution in [0.1, 0.15) is 77.6 Å². The number of aliphatic hydroxyl groups is 1. The topological polar surface area (TPSA) is 164 Å². The molecule has 0 spiro atoms.